The minimum absolute atomic E-state index is 0. The van der Waals surface area contributed by atoms with Crippen LogP contribution in [-0.4, -0.2) is 22.7 Å². The molecule has 3 rings (SSSR count). The number of nitrogens with two attached hydrogens (primary N) is 1. The molecule has 22 heavy (non-hydrogen) atoms. The molecule has 2 aromatic carbocycles. The molecule has 114 valence electrons. The highest BCUT2D eigenvalue weighted by Gasteiger charge is 2.10. The van der Waals surface area contributed by atoms with E-state index in [1.54, 1.807) is 10.7 Å². The maximum absolute atomic E-state index is 11.4. The Hall–Kier alpha value is -2.37. The van der Waals surface area contributed by atoms with Crippen molar-refractivity contribution >= 4 is 29.2 Å². The van der Waals surface area contributed by atoms with Crippen LogP contribution in [0.1, 0.15) is 15.9 Å². The average Bonchev–Trinajstić information content (AvgIpc) is 2.92. The molecule has 0 saturated carbocycles. The Morgan fingerprint density at radius 3 is 2.59 bits per heavy atom. The van der Waals surface area contributed by atoms with Crippen LogP contribution in [0.15, 0.2) is 48.7 Å². The number of halogens is 1. The van der Waals surface area contributed by atoms with E-state index in [-0.39, 0.29) is 12.4 Å². The second-order valence-corrected chi connectivity index (χ2v) is 4.88. The Morgan fingerprint density at radius 1 is 1.23 bits per heavy atom. The first-order valence-electron chi connectivity index (χ1n) is 6.71. The minimum Gasteiger partial charge on any atom is -0.366 e. The zero-order valence-corrected chi connectivity index (χ0v) is 12.9. The summed E-state index contributed by atoms with van der Waals surface area (Å²) in [7, 11) is 1.92. The zero-order chi connectivity index (χ0) is 14.8. The van der Waals surface area contributed by atoms with Crippen molar-refractivity contribution in [2.24, 2.45) is 5.73 Å². The summed E-state index contributed by atoms with van der Waals surface area (Å²) in [6, 6.07) is 13.5. The Morgan fingerprint density at radius 2 is 1.95 bits per heavy atom. The van der Waals surface area contributed by atoms with Crippen LogP contribution in [0, 0.1) is 0 Å². The lowest BCUT2D eigenvalue weighted by Crippen LogP contribution is -2.11. The molecule has 0 fully saturated rings. The highest BCUT2D eigenvalue weighted by molar-refractivity contribution is 6.04. The monoisotopic (exact) mass is 316 g/mol. The van der Waals surface area contributed by atoms with E-state index in [2.05, 4.69) is 10.4 Å². The number of amides is 1. The molecule has 3 N–H and O–H groups in total. The molecular formula is C16H17ClN4O. The van der Waals surface area contributed by atoms with Gasteiger partial charge in [0, 0.05) is 18.1 Å². The molecule has 0 unspecified atom stereocenters. The number of fused-ring (bicyclic) bond motifs is 1. The molecule has 0 bridgehead atoms. The van der Waals surface area contributed by atoms with E-state index < -0.39 is 5.91 Å². The van der Waals surface area contributed by atoms with Gasteiger partial charge >= 0.3 is 0 Å². The molecule has 0 spiro atoms. The molecule has 5 nitrogen and oxygen atoms in total. The van der Waals surface area contributed by atoms with E-state index in [0.717, 1.165) is 17.6 Å². The van der Waals surface area contributed by atoms with Gasteiger partial charge < -0.3 is 11.1 Å². The smallest absolute Gasteiger partial charge is 0.250 e. The third-order valence-corrected chi connectivity index (χ3v) is 3.38. The molecule has 1 heterocycles. The van der Waals surface area contributed by atoms with E-state index in [4.69, 9.17) is 5.73 Å². The van der Waals surface area contributed by atoms with Gasteiger partial charge in [-0.05, 0) is 30.8 Å². The maximum Gasteiger partial charge on any atom is 0.250 e. The van der Waals surface area contributed by atoms with Crippen LogP contribution in [-0.2, 0) is 6.54 Å². The molecule has 1 aromatic heterocycles. The molecule has 3 aromatic rings. The second kappa shape index (κ2) is 6.60. The first kappa shape index (κ1) is 16.0. The molecule has 0 saturated heterocycles. The Bertz CT molecular complexity index is 796. The van der Waals surface area contributed by atoms with Gasteiger partial charge in [0.15, 0.2) is 0 Å². The average molecular weight is 317 g/mol. The lowest BCUT2D eigenvalue weighted by Gasteiger charge is -2.03. The molecular weight excluding hydrogens is 300 g/mol. The van der Waals surface area contributed by atoms with Gasteiger partial charge in [0.25, 0.3) is 5.91 Å². The number of carbonyl (C=O) groups excluding carboxylic acids is 1. The molecule has 0 atom stereocenters. The predicted molar refractivity (Wildman–Crippen MR) is 89.6 cm³/mol. The van der Waals surface area contributed by atoms with E-state index in [1.165, 1.54) is 5.56 Å². The summed E-state index contributed by atoms with van der Waals surface area (Å²) in [5.41, 5.74) is 8.61. The normalized spacial score (nSPS) is 10.4. The highest BCUT2D eigenvalue weighted by atomic mass is 35.5. The van der Waals surface area contributed by atoms with Crippen LogP contribution in [0.5, 0.6) is 0 Å². The SMILES string of the molecule is CNCc1ccc(-n2cc3cccc(C(N)=O)c3n2)cc1.Cl. The molecule has 0 radical (unpaired) electrons. The highest BCUT2D eigenvalue weighted by Crippen LogP contribution is 2.19. The molecule has 0 aliphatic rings. The van der Waals surface area contributed by atoms with Gasteiger partial charge in [-0.25, -0.2) is 4.68 Å². The number of hydrogen-bond acceptors (Lipinski definition) is 3. The van der Waals surface area contributed by atoms with Crippen LogP contribution in [0.3, 0.4) is 0 Å². The van der Waals surface area contributed by atoms with Gasteiger partial charge in [0.2, 0.25) is 0 Å². The van der Waals surface area contributed by atoms with Crippen LogP contribution in [0.25, 0.3) is 16.6 Å². The van der Waals surface area contributed by atoms with E-state index in [1.807, 2.05) is 49.6 Å². The van der Waals surface area contributed by atoms with Crippen molar-refractivity contribution in [2.75, 3.05) is 7.05 Å². The minimum atomic E-state index is -0.463. The predicted octanol–water partition coefficient (Wildman–Crippen LogP) is 2.27. The van der Waals surface area contributed by atoms with Crippen molar-refractivity contribution in [2.45, 2.75) is 6.54 Å². The van der Waals surface area contributed by atoms with Gasteiger partial charge in [-0.15, -0.1) is 12.4 Å². The summed E-state index contributed by atoms with van der Waals surface area (Å²) in [5.74, 6) is -0.463. The fourth-order valence-electron chi connectivity index (χ4n) is 2.35. The zero-order valence-electron chi connectivity index (χ0n) is 12.1. The number of aromatic nitrogens is 2. The van der Waals surface area contributed by atoms with Gasteiger partial charge in [-0.2, -0.15) is 5.10 Å². The van der Waals surface area contributed by atoms with Gasteiger partial charge in [-0.1, -0.05) is 24.3 Å². The van der Waals surface area contributed by atoms with Crippen molar-refractivity contribution in [3.8, 4) is 5.69 Å². The summed E-state index contributed by atoms with van der Waals surface area (Å²) < 4.78 is 1.76. The first-order valence-corrected chi connectivity index (χ1v) is 6.71. The number of nitrogens with one attached hydrogen (secondary N) is 1. The first-order chi connectivity index (χ1) is 10.2. The quantitative estimate of drug-likeness (QED) is 0.775. The number of hydrogen-bond donors (Lipinski definition) is 2. The van der Waals surface area contributed by atoms with Gasteiger partial charge in [-0.3, -0.25) is 4.79 Å². The summed E-state index contributed by atoms with van der Waals surface area (Å²) in [4.78, 5) is 11.4. The van der Waals surface area contributed by atoms with Crippen LogP contribution < -0.4 is 11.1 Å². The fraction of sp³-hybridized carbons (Fsp3) is 0.125. The number of rotatable bonds is 4. The summed E-state index contributed by atoms with van der Waals surface area (Å²) in [6.07, 6.45) is 1.90. The number of carbonyl (C=O) groups is 1. The molecule has 1 amide bonds. The summed E-state index contributed by atoms with van der Waals surface area (Å²) >= 11 is 0. The van der Waals surface area contributed by atoms with Crippen molar-refractivity contribution in [3.05, 3.63) is 59.8 Å². The van der Waals surface area contributed by atoms with Crippen molar-refractivity contribution in [1.29, 1.82) is 0 Å². The largest absolute Gasteiger partial charge is 0.366 e. The van der Waals surface area contributed by atoms with Gasteiger partial charge in [0.1, 0.15) is 5.52 Å². The lowest BCUT2D eigenvalue weighted by atomic mass is 10.1. The third kappa shape index (κ3) is 2.95. The molecule has 0 aliphatic heterocycles. The third-order valence-electron chi connectivity index (χ3n) is 3.38. The van der Waals surface area contributed by atoms with Gasteiger partial charge in [0.05, 0.1) is 11.3 Å². The van der Waals surface area contributed by atoms with Crippen molar-refractivity contribution < 1.29 is 4.79 Å². The Labute approximate surface area is 134 Å². The Kier molecular flexibility index (Phi) is 4.80. The summed E-state index contributed by atoms with van der Waals surface area (Å²) in [6.45, 7) is 0.827. The lowest BCUT2D eigenvalue weighted by molar-refractivity contribution is 0.100. The van der Waals surface area contributed by atoms with Crippen molar-refractivity contribution in [1.82, 2.24) is 15.1 Å². The fourth-order valence-corrected chi connectivity index (χ4v) is 2.35. The number of nitrogens with zero attached hydrogens (tertiary/aromatic N) is 2. The Balaban J connectivity index is 0.00000176. The topological polar surface area (TPSA) is 72.9 Å². The summed E-state index contributed by atoms with van der Waals surface area (Å²) in [5, 5.41) is 8.48. The second-order valence-electron chi connectivity index (χ2n) is 4.88. The van der Waals surface area contributed by atoms with E-state index >= 15 is 0 Å². The number of primary amides is 1. The molecule has 0 aliphatic carbocycles. The molecule has 6 heteroatoms. The van der Waals surface area contributed by atoms with E-state index in [0.29, 0.717) is 11.1 Å². The van der Waals surface area contributed by atoms with Crippen molar-refractivity contribution in [3.63, 3.8) is 0 Å². The maximum atomic E-state index is 11.4. The van der Waals surface area contributed by atoms with Crippen LogP contribution in [0.2, 0.25) is 0 Å². The van der Waals surface area contributed by atoms with E-state index in [9.17, 15) is 4.79 Å². The van der Waals surface area contributed by atoms with Crippen LogP contribution in [0.4, 0.5) is 0 Å². The number of benzene rings is 2. The standard InChI is InChI=1S/C16H16N4O.ClH/c1-18-9-11-5-7-13(8-6-11)20-10-12-3-2-4-14(16(17)21)15(12)19-20;/h2-8,10,18H,9H2,1H3,(H2,17,21);1H. The van der Waals surface area contributed by atoms with Crippen LogP contribution >= 0.6 is 12.4 Å².